The molecule has 0 fully saturated rings. The third-order valence-corrected chi connectivity index (χ3v) is 3.73. The molecule has 0 atom stereocenters. The smallest absolute Gasteiger partial charge is 0.173 e. The molecule has 2 heteroatoms. The number of aryl methyl sites for hydroxylation is 1. The molecule has 0 N–H and O–H groups in total. The molecule has 0 aliphatic heterocycles. The number of fused-ring (bicyclic) bond motifs is 1. The highest BCUT2D eigenvalue weighted by Crippen LogP contribution is 2.35. The van der Waals surface area contributed by atoms with Gasteiger partial charge in [-0.15, -0.1) is 0 Å². The maximum Gasteiger partial charge on any atom is 0.173 e. The summed E-state index contributed by atoms with van der Waals surface area (Å²) in [5, 5.41) is 1.13. The Hall–Kier alpha value is -2.74. The van der Waals surface area contributed by atoms with Crippen molar-refractivity contribution in [3.05, 3.63) is 72.3 Å². The van der Waals surface area contributed by atoms with Gasteiger partial charge in [0.25, 0.3) is 0 Å². The summed E-state index contributed by atoms with van der Waals surface area (Å²) in [4.78, 5) is 0. The Morgan fingerprint density at radius 2 is 1.38 bits per heavy atom. The molecule has 0 saturated heterocycles. The molecule has 0 spiro atoms. The van der Waals surface area contributed by atoms with E-state index >= 15 is 0 Å². The van der Waals surface area contributed by atoms with E-state index in [-0.39, 0.29) is 0 Å². The summed E-state index contributed by atoms with van der Waals surface area (Å²) in [5.41, 5.74) is 3.07. The maximum atomic E-state index is 5.97. The van der Waals surface area contributed by atoms with Crippen LogP contribution >= 0.6 is 0 Å². The normalized spacial score (nSPS) is 11.1. The number of benzene rings is 2. The molecule has 2 nitrogen and oxygen atoms in total. The molecule has 0 saturated carbocycles. The third-order valence-electron chi connectivity index (χ3n) is 3.73. The van der Waals surface area contributed by atoms with Gasteiger partial charge in [-0.05, 0) is 25.1 Å². The van der Waals surface area contributed by atoms with Crippen LogP contribution in [0.3, 0.4) is 0 Å². The number of hydrogen-bond acceptors (Lipinski definition) is 2. The van der Waals surface area contributed by atoms with E-state index in [9.17, 15) is 0 Å². The van der Waals surface area contributed by atoms with E-state index in [2.05, 4.69) is 13.0 Å². The van der Waals surface area contributed by atoms with Crippen molar-refractivity contribution in [2.75, 3.05) is 0 Å². The van der Waals surface area contributed by atoms with Crippen molar-refractivity contribution >= 4 is 11.0 Å². The summed E-state index contributed by atoms with van der Waals surface area (Å²) in [6, 6.07) is 22.1. The summed E-state index contributed by atoms with van der Waals surface area (Å²) in [7, 11) is 0. The molecular formula is C19H14O2. The first-order valence-electron chi connectivity index (χ1n) is 6.97. The maximum absolute atomic E-state index is 5.97. The zero-order chi connectivity index (χ0) is 14.2. The van der Waals surface area contributed by atoms with Crippen LogP contribution in [0.5, 0.6) is 0 Å². The van der Waals surface area contributed by atoms with E-state index in [1.54, 1.807) is 0 Å². The molecule has 2 aromatic heterocycles. The van der Waals surface area contributed by atoms with Crippen LogP contribution in [-0.4, -0.2) is 0 Å². The fourth-order valence-corrected chi connectivity index (χ4v) is 2.63. The van der Waals surface area contributed by atoms with E-state index in [1.165, 1.54) is 0 Å². The van der Waals surface area contributed by atoms with Gasteiger partial charge in [-0.1, -0.05) is 48.5 Å². The molecule has 0 unspecified atom stereocenters. The lowest BCUT2D eigenvalue weighted by Gasteiger charge is -1.96. The van der Waals surface area contributed by atoms with Gasteiger partial charge in [0.15, 0.2) is 11.5 Å². The Kier molecular flexibility index (Phi) is 2.68. The van der Waals surface area contributed by atoms with Crippen molar-refractivity contribution in [1.29, 1.82) is 0 Å². The first kappa shape index (κ1) is 12.0. The Morgan fingerprint density at radius 3 is 2.19 bits per heavy atom. The molecule has 0 radical (unpaired) electrons. The van der Waals surface area contributed by atoms with Crippen LogP contribution in [0.1, 0.15) is 5.56 Å². The quantitative estimate of drug-likeness (QED) is 0.471. The van der Waals surface area contributed by atoms with Crippen molar-refractivity contribution in [3.8, 4) is 22.8 Å². The molecule has 4 rings (SSSR count). The molecule has 0 aliphatic rings. The zero-order valence-corrected chi connectivity index (χ0v) is 11.7. The summed E-state index contributed by atoms with van der Waals surface area (Å²) >= 11 is 0. The number of furan rings is 2. The van der Waals surface area contributed by atoms with Gasteiger partial charge in [-0.3, -0.25) is 0 Å². The Balaban J connectivity index is 1.83. The molecule has 2 heterocycles. The van der Waals surface area contributed by atoms with Crippen molar-refractivity contribution < 1.29 is 8.83 Å². The lowest BCUT2D eigenvalue weighted by atomic mass is 10.1. The Morgan fingerprint density at radius 1 is 0.667 bits per heavy atom. The monoisotopic (exact) mass is 274 g/mol. The minimum absolute atomic E-state index is 0.766. The van der Waals surface area contributed by atoms with Crippen molar-refractivity contribution in [2.45, 2.75) is 6.92 Å². The average Bonchev–Trinajstić information content (AvgIpc) is 3.14. The Labute approximate surface area is 122 Å². The van der Waals surface area contributed by atoms with Gasteiger partial charge in [-0.2, -0.15) is 0 Å². The number of hydrogen-bond donors (Lipinski definition) is 0. The predicted octanol–water partition coefficient (Wildman–Crippen LogP) is 5.67. The van der Waals surface area contributed by atoms with Crippen LogP contribution < -0.4 is 0 Å². The fourth-order valence-electron chi connectivity index (χ4n) is 2.63. The van der Waals surface area contributed by atoms with Crippen LogP contribution in [0.15, 0.2) is 75.6 Å². The molecule has 2 aromatic carbocycles. The fraction of sp³-hybridized carbons (Fsp3) is 0.0526. The highest BCUT2D eigenvalue weighted by atomic mass is 16.4. The average molecular weight is 274 g/mol. The van der Waals surface area contributed by atoms with Gasteiger partial charge in [0.05, 0.1) is 0 Å². The Bertz CT molecular complexity index is 898. The molecule has 0 aliphatic carbocycles. The van der Waals surface area contributed by atoms with Gasteiger partial charge in [-0.25, -0.2) is 0 Å². The van der Waals surface area contributed by atoms with Crippen molar-refractivity contribution in [3.63, 3.8) is 0 Å². The molecule has 4 aromatic rings. The van der Waals surface area contributed by atoms with Gasteiger partial charge in [0.1, 0.15) is 11.3 Å². The van der Waals surface area contributed by atoms with E-state index < -0.39 is 0 Å². The second-order valence-corrected chi connectivity index (χ2v) is 5.08. The van der Waals surface area contributed by atoms with Crippen LogP contribution in [0.4, 0.5) is 0 Å². The van der Waals surface area contributed by atoms with Gasteiger partial charge in [0, 0.05) is 16.5 Å². The molecule has 0 bridgehead atoms. The minimum Gasteiger partial charge on any atom is -0.453 e. The molecular weight excluding hydrogens is 260 g/mol. The van der Waals surface area contributed by atoms with Crippen LogP contribution in [-0.2, 0) is 0 Å². The van der Waals surface area contributed by atoms with Gasteiger partial charge < -0.3 is 8.83 Å². The largest absolute Gasteiger partial charge is 0.453 e. The molecule has 21 heavy (non-hydrogen) atoms. The lowest BCUT2D eigenvalue weighted by molar-refractivity contribution is 0.550. The van der Waals surface area contributed by atoms with E-state index in [0.717, 1.165) is 39.4 Å². The van der Waals surface area contributed by atoms with E-state index in [0.29, 0.717) is 0 Å². The van der Waals surface area contributed by atoms with Crippen LogP contribution in [0.25, 0.3) is 33.8 Å². The molecule has 102 valence electrons. The standard InChI is InChI=1S/C19H14O2/c1-13-15-9-5-6-10-17(15)21-19(13)18-12-11-16(20-18)14-7-3-2-4-8-14/h2-12H,1H3. The highest BCUT2D eigenvalue weighted by Gasteiger charge is 2.15. The minimum atomic E-state index is 0.766. The summed E-state index contributed by atoms with van der Waals surface area (Å²) in [6.07, 6.45) is 0. The van der Waals surface area contributed by atoms with Gasteiger partial charge >= 0.3 is 0 Å². The second-order valence-electron chi connectivity index (χ2n) is 5.08. The first-order valence-corrected chi connectivity index (χ1v) is 6.97. The first-order chi connectivity index (χ1) is 10.3. The van der Waals surface area contributed by atoms with Gasteiger partial charge in [0.2, 0.25) is 0 Å². The van der Waals surface area contributed by atoms with Crippen LogP contribution in [0.2, 0.25) is 0 Å². The highest BCUT2D eigenvalue weighted by molar-refractivity contribution is 5.86. The van der Waals surface area contributed by atoms with Crippen molar-refractivity contribution in [1.82, 2.24) is 0 Å². The molecule has 0 amide bonds. The number of para-hydroxylation sites is 1. The topological polar surface area (TPSA) is 26.3 Å². The summed E-state index contributed by atoms with van der Waals surface area (Å²) in [5.74, 6) is 2.42. The number of rotatable bonds is 2. The zero-order valence-electron chi connectivity index (χ0n) is 11.7. The summed E-state index contributed by atoms with van der Waals surface area (Å²) < 4.78 is 11.9. The third kappa shape index (κ3) is 1.96. The second kappa shape index (κ2) is 4.67. The van der Waals surface area contributed by atoms with E-state index in [1.807, 2.05) is 60.7 Å². The van der Waals surface area contributed by atoms with E-state index in [4.69, 9.17) is 8.83 Å². The predicted molar refractivity (Wildman–Crippen MR) is 84.1 cm³/mol. The summed E-state index contributed by atoms with van der Waals surface area (Å²) in [6.45, 7) is 2.06. The van der Waals surface area contributed by atoms with Crippen molar-refractivity contribution in [2.24, 2.45) is 0 Å². The SMILES string of the molecule is Cc1c(-c2ccc(-c3ccccc3)o2)oc2ccccc12. The van der Waals surface area contributed by atoms with Crippen LogP contribution in [0, 0.1) is 6.92 Å². The lowest BCUT2D eigenvalue weighted by Crippen LogP contribution is -1.74.